The second-order valence-corrected chi connectivity index (χ2v) is 4.03. The van der Waals surface area contributed by atoms with Crippen LogP contribution in [-0.4, -0.2) is 37.6 Å². The lowest BCUT2D eigenvalue weighted by Crippen LogP contribution is -2.31. The first-order chi connectivity index (χ1) is 8.56. The Morgan fingerprint density at radius 2 is 2.17 bits per heavy atom. The molecule has 1 amide bonds. The Hall–Kier alpha value is -1.62. The van der Waals surface area contributed by atoms with Crippen LogP contribution < -0.4 is 10.5 Å². The largest absolute Gasteiger partial charge is 0.484 e. The highest BCUT2D eigenvalue weighted by molar-refractivity contribution is 5.77. The highest BCUT2D eigenvalue weighted by Crippen LogP contribution is 2.16. The molecule has 0 unspecified atom stereocenters. The molecule has 1 rings (SSSR count). The van der Waals surface area contributed by atoms with E-state index < -0.39 is 0 Å². The normalized spacial score (nSPS) is 10.2. The van der Waals surface area contributed by atoms with E-state index in [1.54, 1.807) is 18.0 Å². The summed E-state index contributed by atoms with van der Waals surface area (Å²) in [4.78, 5) is 13.1. The Bertz CT molecular complexity index is 410. The third kappa shape index (κ3) is 4.33. The molecular formula is C13H19FN2O2. The molecule has 0 aromatic heterocycles. The number of rotatable bonds is 6. The van der Waals surface area contributed by atoms with Crippen LogP contribution in [0.2, 0.25) is 0 Å². The van der Waals surface area contributed by atoms with Crippen molar-refractivity contribution in [3.8, 4) is 5.75 Å². The third-order valence-corrected chi connectivity index (χ3v) is 2.63. The lowest BCUT2D eigenvalue weighted by atomic mass is 10.1. The molecule has 0 radical (unpaired) electrons. The summed E-state index contributed by atoms with van der Waals surface area (Å²) in [6.07, 6.45) is 0.580. The number of likely N-dealkylation sites (N-methyl/N-ethyl adjacent to an activating group) is 1. The molecule has 1 aromatic carbocycles. The molecule has 0 heterocycles. The molecule has 0 aliphatic rings. The molecular weight excluding hydrogens is 235 g/mol. The number of benzene rings is 1. The Morgan fingerprint density at radius 3 is 2.78 bits per heavy atom. The molecule has 0 fully saturated rings. The van der Waals surface area contributed by atoms with Gasteiger partial charge in [-0.25, -0.2) is 4.39 Å². The van der Waals surface area contributed by atoms with Gasteiger partial charge in [-0.05, 0) is 37.6 Å². The molecule has 1 aromatic rings. The van der Waals surface area contributed by atoms with Crippen LogP contribution >= 0.6 is 0 Å². The summed E-state index contributed by atoms with van der Waals surface area (Å²) in [6, 6.07) is 4.38. The summed E-state index contributed by atoms with van der Waals surface area (Å²) in [5.41, 5.74) is 6.18. The molecule has 100 valence electrons. The number of hydrogen-bond acceptors (Lipinski definition) is 3. The molecule has 5 heteroatoms. The first kappa shape index (κ1) is 14.4. The molecule has 0 aliphatic carbocycles. The Morgan fingerprint density at radius 1 is 1.44 bits per heavy atom. The maximum absolute atomic E-state index is 13.3. The van der Waals surface area contributed by atoms with Gasteiger partial charge in [0, 0.05) is 19.7 Å². The van der Waals surface area contributed by atoms with Crippen LogP contribution in [-0.2, 0) is 11.2 Å². The highest BCUT2D eigenvalue weighted by atomic mass is 19.1. The summed E-state index contributed by atoms with van der Waals surface area (Å²) in [5.74, 6) is -0.161. The van der Waals surface area contributed by atoms with Crippen molar-refractivity contribution in [3.63, 3.8) is 0 Å². The van der Waals surface area contributed by atoms with Crippen molar-refractivity contribution < 1.29 is 13.9 Å². The molecule has 0 saturated carbocycles. The summed E-state index contributed by atoms with van der Waals surface area (Å²) in [6.45, 7) is 2.85. The van der Waals surface area contributed by atoms with Gasteiger partial charge in [0.2, 0.25) is 0 Å². The monoisotopic (exact) mass is 254 g/mol. The van der Waals surface area contributed by atoms with Gasteiger partial charge in [0.15, 0.2) is 6.61 Å². The summed E-state index contributed by atoms with van der Waals surface area (Å²) in [7, 11) is 1.69. The van der Waals surface area contributed by atoms with Crippen LogP contribution in [0.3, 0.4) is 0 Å². The van der Waals surface area contributed by atoms with Crippen molar-refractivity contribution in [2.24, 2.45) is 5.73 Å². The van der Waals surface area contributed by atoms with E-state index in [0.29, 0.717) is 25.3 Å². The number of amides is 1. The Kier molecular flexibility index (Phi) is 5.58. The zero-order chi connectivity index (χ0) is 13.5. The highest BCUT2D eigenvalue weighted by Gasteiger charge is 2.08. The van der Waals surface area contributed by atoms with E-state index in [4.69, 9.17) is 10.5 Å². The lowest BCUT2D eigenvalue weighted by molar-refractivity contribution is -0.131. The van der Waals surface area contributed by atoms with Gasteiger partial charge in [0.1, 0.15) is 11.6 Å². The number of nitrogens with zero attached hydrogens (tertiary/aromatic N) is 1. The van der Waals surface area contributed by atoms with Crippen molar-refractivity contribution in [1.82, 2.24) is 4.90 Å². The molecule has 0 bridgehead atoms. The third-order valence-electron chi connectivity index (χ3n) is 2.63. The first-order valence-corrected chi connectivity index (χ1v) is 5.93. The van der Waals surface area contributed by atoms with E-state index in [1.165, 1.54) is 12.1 Å². The number of carbonyl (C=O) groups is 1. The van der Waals surface area contributed by atoms with Crippen molar-refractivity contribution in [3.05, 3.63) is 29.6 Å². The van der Waals surface area contributed by atoms with Crippen molar-refractivity contribution >= 4 is 5.91 Å². The Labute approximate surface area is 107 Å². The fourth-order valence-electron chi connectivity index (χ4n) is 1.45. The van der Waals surface area contributed by atoms with Gasteiger partial charge in [-0.1, -0.05) is 0 Å². The summed E-state index contributed by atoms with van der Waals surface area (Å²) < 4.78 is 18.6. The maximum Gasteiger partial charge on any atom is 0.260 e. The standard InChI is InChI=1S/C13H19FN2O2/c1-3-16(2)13(17)9-18-12-7-10(4-5-15)6-11(14)8-12/h6-8H,3-5,9,15H2,1-2H3. The smallest absolute Gasteiger partial charge is 0.260 e. The van der Waals surface area contributed by atoms with Gasteiger partial charge >= 0.3 is 0 Å². The van der Waals surface area contributed by atoms with E-state index >= 15 is 0 Å². The number of ether oxygens (including phenoxy) is 1. The van der Waals surface area contributed by atoms with Crippen LogP contribution in [0.25, 0.3) is 0 Å². The minimum absolute atomic E-state index is 0.0874. The van der Waals surface area contributed by atoms with E-state index in [2.05, 4.69) is 0 Å². The molecule has 2 N–H and O–H groups in total. The fourth-order valence-corrected chi connectivity index (χ4v) is 1.45. The van der Waals surface area contributed by atoms with Crippen LogP contribution in [0.4, 0.5) is 4.39 Å². The van der Waals surface area contributed by atoms with Gasteiger partial charge in [0.05, 0.1) is 0 Å². The minimum atomic E-state index is -0.382. The SMILES string of the molecule is CCN(C)C(=O)COc1cc(F)cc(CCN)c1. The van der Waals surface area contributed by atoms with Crippen molar-refractivity contribution in [2.45, 2.75) is 13.3 Å². The van der Waals surface area contributed by atoms with Crippen LogP contribution in [0, 0.1) is 5.82 Å². The summed E-state index contributed by atoms with van der Waals surface area (Å²) >= 11 is 0. The second kappa shape index (κ2) is 6.96. The van der Waals surface area contributed by atoms with Gasteiger partial charge in [0.25, 0.3) is 5.91 Å². The number of nitrogens with two attached hydrogens (primary N) is 1. The molecule has 4 nitrogen and oxygen atoms in total. The van der Waals surface area contributed by atoms with Gasteiger partial charge < -0.3 is 15.4 Å². The van der Waals surface area contributed by atoms with Crippen molar-refractivity contribution in [2.75, 3.05) is 26.7 Å². The predicted molar refractivity (Wildman–Crippen MR) is 68.0 cm³/mol. The quantitative estimate of drug-likeness (QED) is 0.829. The number of carbonyl (C=O) groups excluding carboxylic acids is 1. The maximum atomic E-state index is 13.3. The van der Waals surface area contributed by atoms with Crippen LogP contribution in [0.5, 0.6) is 5.75 Å². The molecule has 18 heavy (non-hydrogen) atoms. The minimum Gasteiger partial charge on any atom is -0.484 e. The summed E-state index contributed by atoms with van der Waals surface area (Å²) in [5, 5.41) is 0. The number of halogens is 1. The second-order valence-electron chi connectivity index (χ2n) is 4.03. The van der Waals surface area contributed by atoms with E-state index in [1.807, 2.05) is 6.92 Å². The van der Waals surface area contributed by atoms with Crippen LogP contribution in [0.15, 0.2) is 18.2 Å². The zero-order valence-corrected chi connectivity index (χ0v) is 10.8. The molecule has 0 atom stereocenters. The van der Waals surface area contributed by atoms with Gasteiger partial charge in [-0.15, -0.1) is 0 Å². The van der Waals surface area contributed by atoms with E-state index in [0.717, 1.165) is 5.56 Å². The lowest BCUT2D eigenvalue weighted by Gasteiger charge is -2.15. The molecule has 0 aliphatic heterocycles. The predicted octanol–water partition coefficient (Wildman–Crippen LogP) is 1.18. The topological polar surface area (TPSA) is 55.6 Å². The van der Waals surface area contributed by atoms with Gasteiger partial charge in [-0.2, -0.15) is 0 Å². The van der Waals surface area contributed by atoms with Crippen LogP contribution in [0.1, 0.15) is 12.5 Å². The average Bonchev–Trinajstić information content (AvgIpc) is 2.34. The van der Waals surface area contributed by atoms with Crippen molar-refractivity contribution in [1.29, 1.82) is 0 Å². The Balaban J connectivity index is 2.64. The van der Waals surface area contributed by atoms with Gasteiger partial charge in [-0.3, -0.25) is 4.79 Å². The molecule has 0 spiro atoms. The zero-order valence-electron chi connectivity index (χ0n) is 10.8. The first-order valence-electron chi connectivity index (χ1n) is 5.93. The molecule has 0 saturated heterocycles. The van der Waals surface area contributed by atoms with E-state index in [-0.39, 0.29) is 18.3 Å². The fraction of sp³-hybridized carbons (Fsp3) is 0.462. The average molecular weight is 254 g/mol. The number of hydrogen-bond donors (Lipinski definition) is 1. The van der Waals surface area contributed by atoms with E-state index in [9.17, 15) is 9.18 Å².